The summed E-state index contributed by atoms with van der Waals surface area (Å²) in [4.78, 5) is 37.1. The van der Waals surface area contributed by atoms with Crippen LogP contribution in [0.25, 0.3) is 0 Å². The molecule has 0 aromatic heterocycles. The van der Waals surface area contributed by atoms with Crippen LogP contribution in [0.4, 0.5) is 0 Å². The second-order valence-electron chi connectivity index (χ2n) is 17.7. The molecule has 0 aromatic carbocycles. The first-order valence-electron chi connectivity index (χ1n) is 24.9. The standard InChI is InChI=1S/C53H93NO8/c1-6-8-10-12-14-16-18-20-22-24-26-28-30-32-34-36-38-40-42-44-51(56)62-49(48-61-53(52(57)58)59-46-45-54(3,4)5)47-60-50(55)43-41-39-37-35-33-31-29-27-25-23-21-19-17-15-13-11-9-7-2/h8,10,14,16,20,22,26,28,32,34,49,53H,6-7,9,11-13,15,17-19,21,23-25,27,29-31,33,35-48H2,1-5H3/b10-8-,16-14-,22-20-,28-26-,34-32-. The quantitative estimate of drug-likeness (QED) is 0.0196. The molecule has 0 amide bonds. The van der Waals surface area contributed by atoms with Gasteiger partial charge in [0.15, 0.2) is 12.4 Å². The Balaban J connectivity index is 4.42. The second kappa shape index (κ2) is 44.6. The lowest BCUT2D eigenvalue weighted by atomic mass is 10.0. The van der Waals surface area contributed by atoms with E-state index in [1.807, 2.05) is 21.1 Å². The van der Waals surface area contributed by atoms with Crippen molar-refractivity contribution >= 4 is 17.9 Å². The van der Waals surface area contributed by atoms with Crippen LogP contribution >= 0.6 is 0 Å². The fourth-order valence-electron chi connectivity index (χ4n) is 6.68. The number of quaternary nitrogens is 1. The molecule has 0 aliphatic carbocycles. The van der Waals surface area contributed by atoms with E-state index in [4.69, 9.17) is 18.9 Å². The zero-order chi connectivity index (χ0) is 45.6. The minimum atomic E-state index is -1.63. The van der Waals surface area contributed by atoms with Crippen molar-refractivity contribution in [1.82, 2.24) is 0 Å². The van der Waals surface area contributed by atoms with Crippen molar-refractivity contribution in [3.05, 3.63) is 60.8 Å². The number of unbranched alkanes of at least 4 members (excludes halogenated alkanes) is 20. The number of aliphatic carboxylic acids is 1. The normalized spacial score (nSPS) is 13.4. The van der Waals surface area contributed by atoms with Gasteiger partial charge in [0.05, 0.1) is 40.3 Å². The van der Waals surface area contributed by atoms with Gasteiger partial charge in [0.25, 0.3) is 0 Å². The third kappa shape index (κ3) is 45.0. The van der Waals surface area contributed by atoms with Gasteiger partial charge in [0.1, 0.15) is 13.2 Å². The molecule has 0 aromatic rings. The second-order valence-corrected chi connectivity index (χ2v) is 17.7. The number of carbonyl (C=O) groups excluding carboxylic acids is 3. The van der Waals surface area contributed by atoms with E-state index in [9.17, 15) is 19.5 Å². The molecule has 0 spiro atoms. The Morgan fingerprint density at radius 1 is 0.500 bits per heavy atom. The summed E-state index contributed by atoms with van der Waals surface area (Å²) in [7, 11) is 5.90. The number of carbonyl (C=O) groups is 3. The van der Waals surface area contributed by atoms with Gasteiger partial charge in [0.2, 0.25) is 0 Å². The first-order chi connectivity index (χ1) is 30.1. The zero-order valence-corrected chi connectivity index (χ0v) is 40.5. The van der Waals surface area contributed by atoms with Gasteiger partial charge in [-0.05, 0) is 57.8 Å². The Bertz CT molecular complexity index is 1200. The molecule has 2 unspecified atom stereocenters. The van der Waals surface area contributed by atoms with Crippen LogP contribution in [0.3, 0.4) is 0 Å². The van der Waals surface area contributed by atoms with Crippen molar-refractivity contribution in [2.24, 2.45) is 0 Å². The molecule has 0 bridgehead atoms. The van der Waals surface area contributed by atoms with Gasteiger partial charge in [-0.15, -0.1) is 0 Å². The molecule has 0 heterocycles. The Labute approximate surface area is 380 Å². The molecular weight excluding hydrogens is 779 g/mol. The average Bonchev–Trinajstić information content (AvgIpc) is 3.23. The average molecular weight is 872 g/mol. The summed E-state index contributed by atoms with van der Waals surface area (Å²) in [6.45, 7) is 4.60. The lowest BCUT2D eigenvalue weighted by Crippen LogP contribution is -2.44. The van der Waals surface area contributed by atoms with E-state index < -0.39 is 24.3 Å². The summed E-state index contributed by atoms with van der Waals surface area (Å²) in [6.07, 6.45) is 51.1. The largest absolute Gasteiger partial charge is 0.545 e. The molecule has 0 radical (unpaired) electrons. The van der Waals surface area contributed by atoms with Gasteiger partial charge < -0.3 is 33.3 Å². The number of rotatable bonds is 45. The number of likely N-dealkylation sites (N-methyl/N-ethyl adjacent to an activating group) is 1. The number of allylic oxidation sites excluding steroid dienone is 10. The molecule has 0 N–H and O–H groups in total. The van der Waals surface area contributed by atoms with E-state index in [-0.39, 0.29) is 38.6 Å². The van der Waals surface area contributed by atoms with Crippen LogP contribution in [-0.4, -0.2) is 82.3 Å². The highest BCUT2D eigenvalue weighted by Crippen LogP contribution is 2.15. The van der Waals surface area contributed by atoms with Gasteiger partial charge in [-0.2, -0.15) is 0 Å². The lowest BCUT2D eigenvalue weighted by molar-refractivity contribution is -0.870. The highest BCUT2D eigenvalue weighted by Gasteiger charge is 2.21. The number of hydrogen-bond donors (Lipinski definition) is 0. The van der Waals surface area contributed by atoms with E-state index in [1.165, 1.54) is 96.3 Å². The van der Waals surface area contributed by atoms with Crippen LogP contribution in [0.1, 0.15) is 200 Å². The summed E-state index contributed by atoms with van der Waals surface area (Å²) in [5, 5.41) is 11.7. The Hall–Kier alpha value is -3.01. The van der Waals surface area contributed by atoms with Gasteiger partial charge >= 0.3 is 11.9 Å². The molecule has 0 saturated heterocycles. The maximum Gasteiger partial charge on any atom is 0.306 e. The number of hydrogen-bond acceptors (Lipinski definition) is 8. The molecule has 358 valence electrons. The van der Waals surface area contributed by atoms with Crippen LogP contribution in [0, 0.1) is 0 Å². The van der Waals surface area contributed by atoms with Crippen molar-refractivity contribution in [3.8, 4) is 0 Å². The first-order valence-corrected chi connectivity index (χ1v) is 24.9. The Morgan fingerprint density at radius 3 is 1.37 bits per heavy atom. The van der Waals surface area contributed by atoms with Gasteiger partial charge in [-0.1, -0.05) is 190 Å². The summed E-state index contributed by atoms with van der Waals surface area (Å²) in [5.41, 5.74) is 0. The third-order valence-electron chi connectivity index (χ3n) is 10.5. The highest BCUT2D eigenvalue weighted by atomic mass is 16.7. The number of esters is 2. The predicted molar refractivity (Wildman–Crippen MR) is 255 cm³/mol. The summed E-state index contributed by atoms with van der Waals surface area (Å²) >= 11 is 0. The van der Waals surface area contributed by atoms with E-state index in [1.54, 1.807) is 0 Å². The van der Waals surface area contributed by atoms with Crippen LogP contribution in [-0.2, 0) is 33.3 Å². The van der Waals surface area contributed by atoms with Crippen LogP contribution in [0.2, 0.25) is 0 Å². The molecule has 9 nitrogen and oxygen atoms in total. The van der Waals surface area contributed by atoms with Gasteiger partial charge in [0, 0.05) is 12.8 Å². The smallest absolute Gasteiger partial charge is 0.306 e. The fourth-order valence-corrected chi connectivity index (χ4v) is 6.68. The number of ether oxygens (including phenoxy) is 4. The summed E-state index contributed by atoms with van der Waals surface area (Å²) in [6, 6.07) is 0. The number of carboxylic acid groups (broad SMARTS) is 1. The van der Waals surface area contributed by atoms with Crippen molar-refractivity contribution < 1.29 is 42.9 Å². The molecule has 9 heteroatoms. The van der Waals surface area contributed by atoms with Crippen LogP contribution in [0.5, 0.6) is 0 Å². The molecule has 0 fully saturated rings. The third-order valence-corrected chi connectivity index (χ3v) is 10.5. The SMILES string of the molecule is CC/C=C\C/C=C\C/C=C\C/C=C\C/C=C\CCCCCC(=O)OC(COC(=O)CCCCCCCCCCCCCCCCCCCC)COC(OCC[N+](C)(C)C)C(=O)[O-]. The van der Waals surface area contributed by atoms with E-state index >= 15 is 0 Å². The summed E-state index contributed by atoms with van der Waals surface area (Å²) < 4.78 is 22.6. The lowest BCUT2D eigenvalue weighted by Gasteiger charge is -2.26. The maximum atomic E-state index is 12.8. The van der Waals surface area contributed by atoms with E-state index in [0.29, 0.717) is 17.4 Å². The number of nitrogens with zero attached hydrogens (tertiary/aromatic N) is 1. The van der Waals surface area contributed by atoms with Crippen molar-refractivity contribution in [1.29, 1.82) is 0 Å². The van der Waals surface area contributed by atoms with Crippen molar-refractivity contribution in [2.75, 3.05) is 47.5 Å². The van der Waals surface area contributed by atoms with Crippen LogP contribution < -0.4 is 5.11 Å². The van der Waals surface area contributed by atoms with E-state index in [0.717, 1.165) is 70.6 Å². The minimum absolute atomic E-state index is 0.139. The first kappa shape index (κ1) is 59.0. The maximum absolute atomic E-state index is 12.8. The van der Waals surface area contributed by atoms with Gasteiger partial charge in [-0.25, -0.2) is 0 Å². The molecule has 0 aliphatic heterocycles. The monoisotopic (exact) mass is 872 g/mol. The van der Waals surface area contributed by atoms with Crippen LogP contribution in [0.15, 0.2) is 60.8 Å². The summed E-state index contributed by atoms with van der Waals surface area (Å²) in [5.74, 6) is -2.33. The molecule has 0 aliphatic rings. The molecule has 62 heavy (non-hydrogen) atoms. The Kier molecular flexibility index (Phi) is 42.4. The minimum Gasteiger partial charge on any atom is -0.545 e. The molecule has 0 saturated carbocycles. The van der Waals surface area contributed by atoms with E-state index in [2.05, 4.69) is 74.6 Å². The molecular formula is C53H93NO8. The molecule has 2 atom stereocenters. The van der Waals surface area contributed by atoms with Crippen molar-refractivity contribution in [2.45, 2.75) is 212 Å². The Morgan fingerprint density at radius 2 is 0.919 bits per heavy atom. The van der Waals surface area contributed by atoms with Crippen molar-refractivity contribution in [3.63, 3.8) is 0 Å². The highest BCUT2D eigenvalue weighted by molar-refractivity contribution is 5.70. The topological polar surface area (TPSA) is 111 Å². The molecule has 0 rings (SSSR count). The predicted octanol–water partition coefficient (Wildman–Crippen LogP) is 12.4. The fraction of sp³-hybridized carbons (Fsp3) is 0.755. The van der Waals surface area contributed by atoms with Gasteiger partial charge in [-0.3, -0.25) is 9.59 Å². The zero-order valence-electron chi connectivity index (χ0n) is 40.5. The number of carboxylic acids is 1.